The van der Waals surface area contributed by atoms with Crippen LogP contribution in [0.25, 0.3) is 0 Å². The van der Waals surface area contributed by atoms with E-state index in [4.69, 9.17) is 10.5 Å². The van der Waals surface area contributed by atoms with E-state index < -0.39 is 15.9 Å². The number of carbonyl (C=O) groups is 1. The fraction of sp³-hybridized carbons (Fsp3) is 0.231. The van der Waals surface area contributed by atoms with Gasteiger partial charge in [-0.3, -0.25) is 0 Å². The number of sulfone groups is 1. The summed E-state index contributed by atoms with van der Waals surface area (Å²) in [6.07, 6.45) is 1.64. The highest BCUT2D eigenvalue weighted by atomic mass is 32.2. The molecule has 0 atom stereocenters. The Kier molecular flexibility index (Phi) is 4.27. The van der Waals surface area contributed by atoms with Crippen LogP contribution in [0.5, 0.6) is 0 Å². The number of rotatable bonds is 4. The number of nitrogen functional groups attached to an aromatic ring is 1. The van der Waals surface area contributed by atoms with Crippen molar-refractivity contribution in [1.82, 2.24) is 9.55 Å². The molecule has 2 N–H and O–H groups in total. The molecule has 2 rings (SSSR count). The molecule has 21 heavy (non-hydrogen) atoms. The molecule has 0 spiro atoms. The topological polar surface area (TPSA) is 104 Å². The van der Waals surface area contributed by atoms with Crippen molar-refractivity contribution < 1.29 is 17.9 Å². The highest BCUT2D eigenvalue weighted by molar-refractivity contribution is 7.89. The fourth-order valence-electron chi connectivity index (χ4n) is 1.72. The third kappa shape index (κ3) is 4.32. The number of aromatic nitrogens is 2. The zero-order valence-electron chi connectivity index (χ0n) is 11.4. The quantitative estimate of drug-likeness (QED) is 0.909. The van der Waals surface area contributed by atoms with Gasteiger partial charge in [0.25, 0.3) is 0 Å². The Balaban J connectivity index is 2.06. The number of hydrogen-bond acceptors (Lipinski definition) is 6. The molecule has 0 unspecified atom stereocenters. The lowest BCUT2D eigenvalue weighted by Gasteiger charge is -2.05. The van der Waals surface area contributed by atoms with Gasteiger partial charge in [0.1, 0.15) is 6.61 Å². The third-order valence-corrected chi connectivity index (χ3v) is 3.42. The zero-order chi connectivity index (χ0) is 15.5. The Morgan fingerprint density at radius 2 is 2.00 bits per heavy atom. The molecule has 0 aliphatic rings. The summed E-state index contributed by atoms with van der Waals surface area (Å²) in [5.41, 5.74) is 6.62. The summed E-state index contributed by atoms with van der Waals surface area (Å²) in [5, 5.41) is 0. The number of imidazole rings is 1. The van der Waals surface area contributed by atoms with Crippen LogP contribution in [0.4, 0.5) is 10.7 Å². The predicted molar refractivity (Wildman–Crippen MR) is 77.2 cm³/mol. The molecule has 0 bridgehead atoms. The van der Waals surface area contributed by atoms with Crippen molar-refractivity contribution in [2.24, 2.45) is 0 Å². The van der Waals surface area contributed by atoms with Crippen molar-refractivity contribution in [2.45, 2.75) is 12.4 Å². The second kappa shape index (κ2) is 5.96. The van der Waals surface area contributed by atoms with Crippen LogP contribution in [0.2, 0.25) is 0 Å². The van der Waals surface area contributed by atoms with Crippen LogP contribution in [0.1, 0.15) is 11.3 Å². The van der Waals surface area contributed by atoms with Crippen molar-refractivity contribution in [2.75, 3.05) is 12.0 Å². The molecule has 1 aromatic heterocycles. The smallest absolute Gasteiger partial charge is 0.421 e. The van der Waals surface area contributed by atoms with E-state index in [9.17, 15) is 13.2 Å². The molecule has 7 nitrogen and oxygen atoms in total. The number of nitrogens with zero attached hydrogens (tertiary/aromatic N) is 2. The van der Waals surface area contributed by atoms with Crippen LogP contribution in [-0.4, -0.2) is 30.3 Å². The van der Waals surface area contributed by atoms with E-state index in [2.05, 4.69) is 4.98 Å². The lowest BCUT2D eigenvalue weighted by molar-refractivity contribution is 0.142. The van der Waals surface area contributed by atoms with Crippen molar-refractivity contribution in [1.29, 1.82) is 0 Å². The number of hydrogen-bond donors (Lipinski definition) is 1. The molecule has 8 heteroatoms. The van der Waals surface area contributed by atoms with Gasteiger partial charge in [-0.05, 0) is 5.56 Å². The summed E-state index contributed by atoms with van der Waals surface area (Å²) in [7, 11) is -3.25. The van der Waals surface area contributed by atoms with Crippen LogP contribution in [0, 0.1) is 0 Å². The molecule has 1 aromatic carbocycles. The number of ether oxygens (including phenoxy) is 1. The number of nitrogens with two attached hydrogens (primary N) is 1. The van der Waals surface area contributed by atoms with E-state index in [1.54, 1.807) is 0 Å². The summed E-state index contributed by atoms with van der Waals surface area (Å²) in [4.78, 5) is 15.7. The van der Waals surface area contributed by atoms with E-state index in [0.717, 1.165) is 16.4 Å². The van der Waals surface area contributed by atoms with Crippen molar-refractivity contribution >= 4 is 21.9 Å². The van der Waals surface area contributed by atoms with Gasteiger partial charge in [0.2, 0.25) is 5.95 Å². The van der Waals surface area contributed by atoms with Crippen molar-refractivity contribution in [3.63, 3.8) is 0 Å². The van der Waals surface area contributed by atoms with E-state index in [0.29, 0.717) is 0 Å². The van der Waals surface area contributed by atoms with E-state index in [1.807, 2.05) is 30.3 Å². The standard InChI is InChI=1S/C13H15N3O4S/c1-21(18,19)9-11-7-16(12(14)15-11)13(17)20-8-10-5-3-2-4-6-10/h2-7H,8-9H2,1H3,(H2,14,15). The first-order valence-electron chi connectivity index (χ1n) is 6.07. The Morgan fingerprint density at radius 3 is 2.62 bits per heavy atom. The molecule has 1 heterocycles. The lowest BCUT2D eigenvalue weighted by Crippen LogP contribution is -2.15. The van der Waals surface area contributed by atoms with Crippen LogP contribution in [0.3, 0.4) is 0 Å². The second-order valence-corrected chi connectivity index (χ2v) is 6.71. The molecule has 0 aliphatic heterocycles. The van der Waals surface area contributed by atoms with Gasteiger partial charge in [0.15, 0.2) is 9.84 Å². The normalized spacial score (nSPS) is 11.3. The van der Waals surface area contributed by atoms with Gasteiger partial charge < -0.3 is 10.5 Å². The maximum Gasteiger partial charge on any atom is 0.421 e. The minimum absolute atomic E-state index is 0.0959. The first kappa shape index (κ1) is 15.0. The minimum Gasteiger partial charge on any atom is -0.444 e. The average Bonchev–Trinajstić information content (AvgIpc) is 2.76. The van der Waals surface area contributed by atoms with Gasteiger partial charge in [-0.1, -0.05) is 30.3 Å². The lowest BCUT2D eigenvalue weighted by atomic mass is 10.2. The van der Waals surface area contributed by atoms with Crippen LogP contribution >= 0.6 is 0 Å². The number of carbonyl (C=O) groups excluding carboxylic acids is 1. The maximum absolute atomic E-state index is 11.9. The van der Waals surface area contributed by atoms with E-state index in [-0.39, 0.29) is 24.0 Å². The van der Waals surface area contributed by atoms with Crippen LogP contribution in [0.15, 0.2) is 36.5 Å². The average molecular weight is 309 g/mol. The highest BCUT2D eigenvalue weighted by Crippen LogP contribution is 2.10. The summed E-state index contributed by atoms with van der Waals surface area (Å²) in [6.45, 7) is 0.0959. The summed E-state index contributed by atoms with van der Waals surface area (Å²) in [5.74, 6) is -0.386. The monoisotopic (exact) mass is 309 g/mol. The molecule has 0 aliphatic carbocycles. The van der Waals surface area contributed by atoms with Crippen molar-refractivity contribution in [3.8, 4) is 0 Å². The number of benzene rings is 1. The fourth-order valence-corrected chi connectivity index (χ4v) is 2.39. The first-order valence-corrected chi connectivity index (χ1v) is 8.14. The van der Waals surface area contributed by atoms with Gasteiger partial charge in [-0.2, -0.15) is 0 Å². The van der Waals surface area contributed by atoms with Gasteiger partial charge >= 0.3 is 6.09 Å². The molecule has 0 amide bonds. The largest absolute Gasteiger partial charge is 0.444 e. The second-order valence-electron chi connectivity index (χ2n) is 4.57. The maximum atomic E-state index is 11.9. The van der Waals surface area contributed by atoms with Crippen molar-refractivity contribution in [3.05, 3.63) is 47.8 Å². The third-order valence-electron chi connectivity index (χ3n) is 2.60. The first-order chi connectivity index (χ1) is 9.85. The Labute approximate surface area is 122 Å². The van der Waals surface area contributed by atoms with Crippen LogP contribution < -0.4 is 5.73 Å². The Morgan fingerprint density at radius 1 is 1.33 bits per heavy atom. The molecule has 0 saturated carbocycles. The molecular weight excluding hydrogens is 294 g/mol. The summed E-state index contributed by atoms with van der Waals surface area (Å²) >= 11 is 0. The SMILES string of the molecule is CS(=O)(=O)Cc1cn(C(=O)OCc2ccccc2)c(N)n1. The van der Waals surface area contributed by atoms with Gasteiger partial charge in [0, 0.05) is 12.5 Å². The number of anilines is 1. The molecule has 0 saturated heterocycles. The predicted octanol–water partition coefficient (Wildman–Crippen LogP) is 1.19. The molecule has 0 radical (unpaired) electrons. The van der Waals surface area contributed by atoms with E-state index >= 15 is 0 Å². The van der Waals surface area contributed by atoms with E-state index in [1.165, 1.54) is 6.20 Å². The Bertz CT molecular complexity index is 738. The summed E-state index contributed by atoms with van der Waals surface area (Å²) < 4.78 is 28.5. The van der Waals surface area contributed by atoms with Gasteiger partial charge in [-0.15, -0.1) is 0 Å². The molecular formula is C13H15N3O4S. The summed E-state index contributed by atoms with van der Waals surface area (Å²) in [6, 6.07) is 9.16. The van der Waals surface area contributed by atoms with Gasteiger partial charge in [0.05, 0.1) is 11.4 Å². The molecule has 2 aromatic rings. The highest BCUT2D eigenvalue weighted by Gasteiger charge is 2.16. The molecule has 112 valence electrons. The van der Waals surface area contributed by atoms with Gasteiger partial charge in [-0.25, -0.2) is 22.8 Å². The zero-order valence-corrected chi connectivity index (χ0v) is 12.2. The van der Waals surface area contributed by atoms with Crippen LogP contribution in [-0.2, 0) is 26.9 Å². The minimum atomic E-state index is -3.25. The Hall–Kier alpha value is -2.35. The molecule has 0 fully saturated rings.